The molecule has 1 saturated carbocycles. The second kappa shape index (κ2) is 6.95. The second-order valence-electron chi connectivity index (χ2n) is 7.32. The van der Waals surface area contributed by atoms with Crippen LogP contribution in [0.4, 0.5) is 0 Å². The summed E-state index contributed by atoms with van der Waals surface area (Å²) in [6.45, 7) is 1.77. The van der Waals surface area contributed by atoms with Gasteiger partial charge in [-0.3, -0.25) is 4.79 Å². The number of thiophene rings is 1. The predicted molar refractivity (Wildman–Crippen MR) is 114 cm³/mol. The highest BCUT2D eigenvalue weighted by Crippen LogP contribution is 2.58. The monoisotopic (exact) mass is 447 g/mol. The average molecular weight is 448 g/mol. The largest absolute Gasteiger partial charge is 0.480 e. The topological polar surface area (TPSA) is 83.5 Å². The van der Waals surface area contributed by atoms with Gasteiger partial charge in [-0.2, -0.15) is 4.72 Å². The maximum Gasteiger partial charge on any atom is 0.325 e. The third-order valence-electron chi connectivity index (χ3n) is 5.50. The Kier molecular flexibility index (Phi) is 4.82. The van der Waals surface area contributed by atoms with Crippen LogP contribution in [-0.4, -0.2) is 25.0 Å². The van der Waals surface area contributed by atoms with Crippen molar-refractivity contribution in [3.8, 4) is 10.4 Å². The van der Waals surface area contributed by atoms with Crippen molar-refractivity contribution < 1.29 is 18.3 Å². The van der Waals surface area contributed by atoms with Gasteiger partial charge in [0.2, 0.25) is 0 Å². The van der Waals surface area contributed by atoms with Crippen LogP contribution in [0.1, 0.15) is 18.9 Å². The molecule has 1 aliphatic carbocycles. The molecule has 4 rings (SSSR count). The fourth-order valence-corrected chi connectivity index (χ4v) is 6.55. The number of carbonyl (C=O) groups is 1. The SMILES string of the molecule is C[C@@]1(c2ccccc2)C[C@]1(NS(=O)(=O)c1ccc(-c2ccc(Cl)cc2)s1)C(=O)O. The number of carboxylic acids is 1. The Bertz CT molecular complexity index is 1170. The molecule has 2 atom stereocenters. The number of halogens is 1. The minimum absolute atomic E-state index is 0.0744. The molecule has 0 aliphatic heterocycles. The van der Waals surface area contributed by atoms with E-state index < -0.39 is 26.9 Å². The summed E-state index contributed by atoms with van der Waals surface area (Å²) in [5.74, 6) is -1.18. The normalized spacial score (nSPS) is 23.7. The average Bonchev–Trinajstić information content (AvgIpc) is 3.05. The zero-order chi connectivity index (χ0) is 20.9. The first-order valence-corrected chi connectivity index (χ1v) is 11.5. The van der Waals surface area contributed by atoms with E-state index in [1.54, 1.807) is 25.1 Å². The molecule has 0 amide bonds. The number of benzene rings is 2. The Morgan fingerprint density at radius 1 is 1.07 bits per heavy atom. The molecule has 2 N–H and O–H groups in total. The third kappa shape index (κ3) is 3.38. The summed E-state index contributed by atoms with van der Waals surface area (Å²) in [4.78, 5) is 12.9. The maximum absolute atomic E-state index is 13.0. The molecule has 1 aromatic heterocycles. The summed E-state index contributed by atoms with van der Waals surface area (Å²) in [5.41, 5.74) is -0.756. The zero-order valence-electron chi connectivity index (χ0n) is 15.4. The van der Waals surface area contributed by atoms with E-state index in [0.717, 1.165) is 27.3 Å². The maximum atomic E-state index is 13.0. The molecule has 0 spiro atoms. The number of rotatable bonds is 6. The summed E-state index contributed by atoms with van der Waals surface area (Å²) in [6.07, 6.45) is 0.188. The van der Waals surface area contributed by atoms with Gasteiger partial charge >= 0.3 is 5.97 Å². The lowest BCUT2D eigenvalue weighted by molar-refractivity contribution is -0.140. The first kappa shape index (κ1) is 20.1. The van der Waals surface area contributed by atoms with Crippen molar-refractivity contribution >= 4 is 38.9 Å². The number of nitrogens with one attached hydrogen (secondary N) is 1. The van der Waals surface area contributed by atoms with E-state index in [1.165, 1.54) is 6.07 Å². The number of sulfonamides is 1. The van der Waals surface area contributed by atoms with Crippen molar-refractivity contribution in [2.24, 2.45) is 0 Å². The summed E-state index contributed by atoms with van der Waals surface area (Å²) < 4.78 is 28.6. The first-order valence-electron chi connectivity index (χ1n) is 8.87. The van der Waals surface area contributed by atoms with E-state index in [2.05, 4.69) is 4.72 Å². The second-order valence-corrected chi connectivity index (χ2v) is 10.7. The van der Waals surface area contributed by atoms with Gasteiger partial charge in [0.1, 0.15) is 9.75 Å². The van der Waals surface area contributed by atoms with Gasteiger partial charge in [0.05, 0.1) is 0 Å². The van der Waals surface area contributed by atoms with Gasteiger partial charge in [-0.25, -0.2) is 8.42 Å². The fraction of sp³-hybridized carbons (Fsp3) is 0.190. The van der Waals surface area contributed by atoms with Crippen molar-refractivity contribution in [2.75, 3.05) is 0 Å². The lowest BCUT2D eigenvalue weighted by Crippen LogP contribution is -2.47. The van der Waals surface area contributed by atoms with Crippen LogP contribution in [0.3, 0.4) is 0 Å². The smallest absolute Gasteiger partial charge is 0.325 e. The van der Waals surface area contributed by atoms with E-state index in [0.29, 0.717) is 5.02 Å². The van der Waals surface area contributed by atoms with Crippen molar-refractivity contribution in [1.29, 1.82) is 0 Å². The standard InChI is InChI=1S/C21H18ClNO4S2/c1-20(15-5-3-2-4-6-15)13-21(20,19(24)25)23-29(26,27)18-12-11-17(28-18)14-7-9-16(22)10-8-14/h2-12,23H,13H2,1H3,(H,24,25)/t20-,21-/m0/s1. The third-order valence-corrected chi connectivity index (χ3v) is 8.87. The van der Waals surface area contributed by atoms with E-state index >= 15 is 0 Å². The van der Waals surface area contributed by atoms with Crippen LogP contribution in [-0.2, 0) is 20.2 Å². The van der Waals surface area contributed by atoms with Crippen molar-refractivity contribution in [2.45, 2.75) is 28.5 Å². The van der Waals surface area contributed by atoms with E-state index in [9.17, 15) is 18.3 Å². The van der Waals surface area contributed by atoms with Crippen LogP contribution in [0.2, 0.25) is 5.02 Å². The van der Waals surface area contributed by atoms with Crippen molar-refractivity contribution in [3.63, 3.8) is 0 Å². The lowest BCUT2D eigenvalue weighted by atomic mass is 9.93. The number of hydrogen-bond acceptors (Lipinski definition) is 4. The molecule has 3 aromatic rings. The van der Waals surface area contributed by atoms with Gasteiger partial charge in [-0.05, 0) is 41.8 Å². The Hall–Kier alpha value is -2.19. The summed E-state index contributed by atoms with van der Waals surface area (Å²) >= 11 is 6.99. The van der Waals surface area contributed by atoms with Crippen LogP contribution in [0.25, 0.3) is 10.4 Å². The van der Waals surface area contributed by atoms with Crippen LogP contribution in [0, 0.1) is 0 Å². The van der Waals surface area contributed by atoms with Crippen LogP contribution in [0.5, 0.6) is 0 Å². The summed E-state index contributed by atoms with van der Waals surface area (Å²) in [7, 11) is -4.01. The predicted octanol–water partition coefficient (Wildman–Crippen LogP) is 4.53. The molecule has 8 heteroatoms. The molecule has 5 nitrogen and oxygen atoms in total. The van der Waals surface area contributed by atoms with Crippen LogP contribution >= 0.6 is 22.9 Å². The van der Waals surface area contributed by atoms with Gasteiger partial charge < -0.3 is 5.11 Å². The number of aliphatic carboxylic acids is 1. The molecular formula is C21H18ClNO4S2. The Morgan fingerprint density at radius 3 is 2.34 bits per heavy atom. The Morgan fingerprint density at radius 2 is 1.72 bits per heavy atom. The number of carboxylic acid groups (broad SMARTS) is 1. The van der Waals surface area contributed by atoms with Gasteiger partial charge in [-0.15, -0.1) is 11.3 Å². The van der Waals surface area contributed by atoms with Gasteiger partial charge in [0, 0.05) is 15.3 Å². The van der Waals surface area contributed by atoms with E-state index in [4.69, 9.17) is 11.6 Å². The molecule has 1 heterocycles. The number of hydrogen-bond donors (Lipinski definition) is 2. The van der Waals surface area contributed by atoms with Gasteiger partial charge in [0.25, 0.3) is 10.0 Å². The molecule has 1 aliphatic rings. The molecule has 0 radical (unpaired) electrons. The summed E-state index contributed by atoms with van der Waals surface area (Å²) in [5, 5.41) is 10.5. The molecule has 1 fully saturated rings. The lowest BCUT2D eigenvalue weighted by Gasteiger charge is -2.20. The highest BCUT2D eigenvalue weighted by molar-refractivity contribution is 7.91. The highest BCUT2D eigenvalue weighted by Gasteiger charge is 2.72. The molecular weight excluding hydrogens is 430 g/mol. The molecule has 0 unspecified atom stereocenters. The zero-order valence-corrected chi connectivity index (χ0v) is 17.8. The minimum atomic E-state index is -4.01. The van der Waals surface area contributed by atoms with Crippen LogP contribution in [0.15, 0.2) is 70.9 Å². The minimum Gasteiger partial charge on any atom is -0.480 e. The van der Waals surface area contributed by atoms with Gasteiger partial charge in [0.15, 0.2) is 0 Å². The van der Waals surface area contributed by atoms with Crippen molar-refractivity contribution in [3.05, 3.63) is 77.3 Å². The molecule has 29 heavy (non-hydrogen) atoms. The highest BCUT2D eigenvalue weighted by atomic mass is 35.5. The Balaban J connectivity index is 1.65. The fourth-order valence-electron chi connectivity index (χ4n) is 3.66. The van der Waals surface area contributed by atoms with E-state index in [-0.39, 0.29) is 10.6 Å². The molecule has 0 saturated heterocycles. The summed E-state index contributed by atoms with van der Waals surface area (Å²) in [6, 6.07) is 19.4. The van der Waals surface area contributed by atoms with Crippen molar-refractivity contribution in [1.82, 2.24) is 4.72 Å². The quantitative estimate of drug-likeness (QED) is 0.581. The van der Waals surface area contributed by atoms with Crippen LogP contribution < -0.4 is 4.72 Å². The Labute approximate surface area is 178 Å². The van der Waals surface area contributed by atoms with E-state index in [1.807, 2.05) is 42.5 Å². The van der Waals surface area contributed by atoms with Gasteiger partial charge in [-0.1, -0.05) is 61.0 Å². The molecule has 2 aromatic carbocycles. The molecule has 0 bridgehead atoms. The molecule has 150 valence electrons. The first-order chi connectivity index (χ1) is 13.7.